The van der Waals surface area contributed by atoms with Gasteiger partial charge in [0.1, 0.15) is 18.3 Å². The molecule has 0 aromatic carbocycles. The van der Waals surface area contributed by atoms with Gasteiger partial charge in [-0.1, -0.05) is 0 Å². The maximum Gasteiger partial charge on any atom is 0.361 e. The van der Waals surface area contributed by atoms with Crippen LogP contribution in [0, 0.1) is 0 Å². The van der Waals surface area contributed by atoms with Crippen molar-refractivity contribution in [1.29, 1.82) is 0 Å². The van der Waals surface area contributed by atoms with Crippen LogP contribution in [0.2, 0.25) is 0 Å². The molecule has 11 heteroatoms. The van der Waals surface area contributed by atoms with Crippen LogP contribution in [0.15, 0.2) is 0 Å². The van der Waals surface area contributed by atoms with E-state index in [0.29, 0.717) is 0 Å². The third-order valence-electron chi connectivity index (χ3n) is 2.54. The Labute approximate surface area is 101 Å². The van der Waals surface area contributed by atoms with Crippen LogP contribution in [-0.2, 0) is 14.8 Å². The smallest absolute Gasteiger partial charge is 0.361 e. The Balaban J connectivity index is 2.85. The predicted octanol–water partition coefficient (Wildman–Crippen LogP) is -2.94. The first kappa shape index (κ1) is 15.6. The first-order valence-corrected chi connectivity index (χ1v) is 6.30. The maximum atomic E-state index is 13.1. The minimum atomic E-state index is -5.22. The van der Waals surface area contributed by atoms with Crippen LogP contribution in [0.4, 0.5) is 8.78 Å². The number of halogens is 2. The van der Waals surface area contributed by atoms with Crippen LogP contribution < -0.4 is 5.14 Å². The molecule has 0 aliphatic carbocycles. The van der Waals surface area contributed by atoms with E-state index in [1.165, 1.54) is 0 Å². The average molecular weight is 293 g/mol. The molecular formula is C7H13F2NO7S. The van der Waals surface area contributed by atoms with E-state index < -0.39 is 52.4 Å². The van der Waals surface area contributed by atoms with Crippen molar-refractivity contribution < 1.29 is 42.4 Å². The number of aliphatic hydroxyl groups is 4. The molecule has 0 aromatic rings. The summed E-state index contributed by atoms with van der Waals surface area (Å²) in [7, 11) is -5.22. The quantitative estimate of drug-likeness (QED) is 0.373. The maximum absolute atomic E-state index is 13.1. The first-order valence-electron chi connectivity index (χ1n) is 4.75. The Morgan fingerprint density at radius 2 is 1.61 bits per heavy atom. The minimum Gasteiger partial charge on any atom is -0.388 e. The van der Waals surface area contributed by atoms with Crippen LogP contribution in [0.5, 0.6) is 0 Å². The summed E-state index contributed by atoms with van der Waals surface area (Å²) in [5, 5.41) is 36.6. The molecule has 108 valence electrons. The Bertz CT molecular complexity index is 403. The van der Waals surface area contributed by atoms with Gasteiger partial charge in [0, 0.05) is 0 Å². The zero-order chi connectivity index (χ0) is 14.3. The fraction of sp³-hybridized carbons (Fsp3) is 1.00. The van der Waals surface area contributed by atoms with Gasteiger partial charge in [0.2, 0.25) is 0 Å². The van der Waals surface area contributed by atoms with E-state index in [0.717, 1.165) is 0 Å². The van der Waals surface area contributed by atoms with Gasteiger partial charge in [0.25, 0.3) is 10.0 Å². The van der Waals surface area contributed by atoms with E-state index in [1.54, 1.807) is 0 Å². The highest BCUT2D eigenvalue weighted by atomic mass is 32.2. The second-order valence-electron chi connectivity index (χ2n) is 3.92. The molecule has 1 rings (SSSR count). The SMILES string of the molecule is NS(=O)(=O)C(F)(F)C[C@H]1OC(O)[C@H](O)[C@@H](O)[C@@H]1O. The standard InChI is InChI=1S/C7H13F2NO7S/c8-7(9,18(10,15)16)1-2-3(11)4(12)5(13)6(14)17-2/h2-6,11-14H,1H2,(H2,10,15,16)/t2-,3-,4+,5-,6?/m1/s1. The van der Waals surface area contributed by atoms with Gasteiger partial charge in [0.15, 0.2) is 6.29 Å². The van der Waals surface area contributed by atoms with Gasteiger partial charge in [-0.05, 0) is 0 Å². The molecule has 18 heavy (non-hydrogen) atoms. The van der Waals surface area contributed by atoms with E-state index in [2.05, 4.69) is 9.88 Å². The highest BCUT2D eigenvalue weighted by Gasteiger charge is 2.51. The monoisotopic (exact) mass is 293 g/mol. The molecule has 1 unspecified atom stereocenters. The molecule has 0 radical (unpaired) electrons. The summed E-state index contributed by atoms with van der Waals surface area (Å²) < 4.78 is 51.8. The highest BCUT2D eigenvalue weighted by molar-refractivity contribution is 7.90. The lowest BCUT2D eigenvalue weighted by molar-refractivity contribution is -0.287. The van der Waals surface area contributed by atoms with Gasteiger partial charge in [-0.2, -0.15) is 8.78 Å². The van der Waals surface area contributed by atoms with E-state index in [4.69, 9.17) is 10.2 Å². The van der Waals surface area contributed by atoms with Crippen molar-refractivity contribution in [3.63, 3.8) is 0 Å². The Hall–Kier alpha value is -0.430. The van der Waals surface area contributed by atoms with Crippen LogP contribution in [0.25, 0.3) is 0 Å². The predicted molar refractivity (Wildman–Crippen MR) is 51.6 cm³/mol. The molecular weight excluding hydrogens is 280 g/mol. The fourth-order valence-corrected chi connectivity index (χ4v) is 1.85. The molecule has 1 aliphatic rings. The van der Waals surface area contributed by atoms with Gasteiger partial charge in [0.05, 0.1) is 12.5 Å². The van der Waals surface area contributed by atoms with Crippen molar-refractivity contribution >= 4 is 10.0 Å². The van der Waals surface area contributed by atoms with Crippen LogP contribution in [0.1, 0.15) is 6.42 Å². The molecule has 0 bridgehead atoms. The zero-order valence-electron chi connectivity index (χ0n) is 8.85. The largest absolute Gasteiger partial charge is 0.388 e. The molecule has 8 nitrogen and oxygen atoms in total. The number of alkyl halides is 2. The first-order chi connectivity index (χ1) is 7.97. The number of aliphatic hydroxyl groups excluding tert-OH is 4. The van der Waals surface area contributed by atoms with E-state index in [-0.39, 0.29) is 0 Å². The summed E-state index contributed by atoms with van der Waals surface area (Å²) >= 11 is 0. The third kappa shape index (κ3) is 2.93. The lowest BCUT2D eigenvalue weighted by Gasteiger charge is -2.39. The summed E-state index contributed by atoms with van der Waals surface area (Å²) in [6.07, 6.45) is -11.3. The number of rotatable bonds is 3. The van der Waals surface area contributed by atoms with Crippen LogP contribution >= 0.6 is 0 Å². The van der Waals surface area contributed by atoms with Crippen LogP contribution in [0.3, 0.4) is 0 Å². The van der Waals surface area contributed by atoms with Gasteiger partial charge in [-0.3, -0.25) is 0 Å². The molecule has 6 N–H and O–H groups in total. The van der Waals surface area contributed by atoms with Gasteiger partial charge >= 0.3 is 5.25 Å². The van der Waals surface area contributed by atoms with Crippen molar-refractivity contribution in [2.24, 2.45) is 5.14 Å². The molecule has 0 amide bonds. The third-order valence-corrected chi connectivity index (χ3v) is 3.54. The topological polar surface area (TPSA) is 150 Å². The molecule has 1 fully saturated rings. The molecule has 1 heterocycles. The minimum absolute atomic E-state index is 1.56. The van der Waals surface area contributed by atoms with Gasteiger partial charge in [-0.25, -0.2) is 13.6 Å². The van der Waals surface area contributed by atoms with E-state index >= 15 is 0 Å². The number of primary sulfonamides is 1. The number of nitrogens with two attached hydrogens (primary N) is 1. The molecule has 0 saturated carbocycles. The number of hydrogen-bond acceptors (Lipinski definition) is 7. The number of ether oxygens (including phenoxy) is 1. The molecule has 1 aliphatic heterocycles. The fourth-order valence-electron chi connectivity index (χ4n) is 1.45. The highest BCUT2D eigenvalue weighted by Crippen LogP contribution is 2.31. The molecule has 0 spiro atoms. The Morgan fingerprint density at radius 1 is 1.11 bits per heavy atom. The van der Waals surface area contributed by atoms with Crippen molar-refractivity contribution in [3.8, 4) is 0 Å². The summed E-state index contributed by atoms with van der Waals surface area (Å²) in [4.78, 5) is 0. The molecule has 5 atom stereocenters. The lowest BCUT2D eigenvalue weighted by Crippen LogP contribution is -2.59. The Kier molecular flexibility index (Phi) is 4.27. The van der Waals surface area contributed by atoms with Crippen molar-refractivity contribution in [2.75, 3.05) is 0 Å². The zero-order valence-corrected chi connectivity index (χ0v) is 9.67. The second kappa shape index (κ2) is 4.92. The van der Waals surface area contributed by atoms with Crippen LogP contribution in [-0.4, -0.2) is 64.8 Å². The summed E-state index contributed by atoms with van der Waals surface area (Å²) in [5.41, 5.74) is 0. The second-order valence-corrected chi connectivity index (χ2v) is 5.61. The average Bonchev–Trinajstić information content (AvgIpc) is 2.21. The van der Waals surface area contributed by atoms with E-state index in [1.807, 2.05) is 0 Å². The summed E-state index contributed by atoms with van der Waals surface area (Å²) in [6, 6.07) is 0. The van der Waals surface area contributed by atoms with Crippen molar-refractivity contribution in [1.82, 2.24) is 0 Å². The molecule has 1 saturated heterocycles. The normalized spacial score (nSPS) is 38.7. The summed E-state index contributed by atoms with van der Waals surface area (Å²) in [5.74, 6) is 0. The van der Waals surface area contributed by atoms with E-state index in [9.17, 15) is 27.4 Å². The summed E-state index contributed by atoms with van der Waals surface area (Å²) in [6.45, 7) is 0. The Morgan fingerprint density at radius 3 is 2.06 bits per heavy atom. The molecule has 0 aromatic heterocycles. The van der Waals surface area contributed by atoms with Gasteiger partial charge < -0.3 is 25.2 Å². The van der Waals surface area contributed by atoms with Crippen molar-refractivity contribution in [3.05, 3.63) is 0 Å². The lowest BCUT2D eigenvalue weighted by atomic mass is 9.97. The van der Waals surface area contributed by atoms with Gasteiger partial charge in [-0.15, -0.1) is 0 Å². The van der Waals surface area contributed by atoms with Crippen molar-refractivity contribution in [2.45, 2.75) is 42.4 Å². The number of sulfonamides is 1. The number of hydrogen-bond donors (Lipinski definition) is 5.